The van der Waals surface area contributed by atoms with Crippen molar-refractivity contribution >= 4 is 5.97 Å². The van der Waals surface area contributed by atoms with Crippen LogP contribution in [-0.4, -0.2) is 26.3 Å². The Kier molecular flexibility index (Phi) is 5.93. The number of esters is 1. The lowest BCUT2D eigenvalue weighted by Crippen LogP contribution is -2.16. The molecule has 1 aromatic carbocycles. The Morgan fingerprint density at radius 3 is 2.32 bits per heavy atom. The monoisotopic (exact) mass is 264 g/mol. The summed E-state index contributed by atoms with van der Waals surface area (Å²) < 4.78 is 15.6. The van der Waals surface area contributed by atoms with E-state index in [4.69, 9.17) is 14.2 Å². The Bertz CT molecular complexity index is 418. The molecule has 0 spiro atoms. The minimum absolute atomic E-state index is 0.155. The van der Waals surface area contributed by atoms with Crippen LogP contribution in [0.25, 0.3) is 0 Å². The molecule has 19 heavy (non-hydrogen) atoms. The number of ether oxygens (including phenoxy) is 3. The molecular weight excluding hydrogens is 244 g/mol. The molecule has 0 saturated heterocycles. The maximum atomic E-state index is 11.8. The largest absolute Gasteiger partial charge is 0.497 e. The van der Waals surface area contributed by atoms with Crippen LogP contribution in [-0.2, 0) is 16.0 Å². The fraction of sp³-hybridized carbons (Fsp3) is 0.400. The average molecular weight is 264 g/mol. The Hall–Kier alpha value is -1.97. The van der Waals surface area contributed by atoms with Crippen molar-refractivity contribution in [3.8, 4) is 11.5 Å². The number of carbonyl (C=O) groups excluding carboxylic acids is 1. The predicted molar refractivity (Wildman–Crippen MR) is 73.6 cm³/mol. The third-order valence-electron chi connectivity index (χ3n) is 2.59. The Morgan fingerprint density at radius 1 is 1.26 bits per heavy atom. The van der Waals surface area contributed by atoms with E-state index < -0.39 is 0 Å². The summed E-state index contributed by atoms with van der Waals surface area (Å²) in [5, 5.41) is 0. The third-order valence-corrected chi connectivity index (χ3v) is 2.59. The summed E-state index contributed by atoms with van der Waals surface area (Å²) in [4.78, 5) is 11.8. The van der Waals surface area contributed by atoms with Gasteiger partial charge in [-0.1, -0.05) is 6.08 Å². The highest BCUT2D eigenvalue weighted by molar-refractivity contribution is 5.73. The highest BCUT2D eigenvalue weighted by Crippen LogP contribution is 2.23. The molecule has 1 rings (SSSR count). The predicted octanol–water partition coefficient (Wildman–Crippen LogP) is 2.75. The van der Waals surface area contributed by atoms with E-state index in [0.29, 0.717) is 17.9 Å². The van der Waals surface area contributed by atoms with Crippen LogP contribution >= 0.6 is 0 Å². The van der Waals surface area contributed by atoms with Gasteiger partial charge in [-0.15, -0.1) is 6.58 Å². The van der Waals surface area contributed by atoms with Crippen LogP contribution < -0.4 is 9.47 Å². The standard InChI is InChI=1S/C15H20O4/c1-5-6-11(2)19-15(16)9-12-7-13(17-3)10-14(8-12)18-4/h5,7-8,10-11H,1,6,9H2,2-4H3/t11-/m0/s1. The summed E-state index contributed by atoms with van der Waals surface area (Å²) in [6, 6.07) is 5.35. The van der Waals surface area contributed by atoms with Crippen LogP contribution in [0.2, 0.25) is 0 Å². The second kappa shape index (κ2) is 7.46. The van der Waals surface area contributed by atoms with E-state index in [1.165, 1.54) is 0 Å². The molecule has 4 heteroatoms. The smallest absolute Gasteiger partial charge is 0.310 e. The van der Waals surface area contributed by atoms with Gasteiger partial charge in [-0.3, -0.25) is 4.79 Å². The molecule has 0 aromatic heterocycles. The van der Waals surface area contributed by atoms with E-state index in [1.807, 2.05) is 6.92 Å². The average Bonchev–Trinajstić information content (AvgIpc) is 2.38. The van der Waals surface area contributed by atoms with Gasteiger partial charge in [0, 0.05) is 12.5 Å². The zero-order valence-corrected chi connectivity index (χ0v) is 11.6. The molecule has 0 fully saturated rings. The molecule has 1 atom stereocenters. The minimum Gasteiger partial charge on any atom is -0.497 e. The number of methoxy groups -OCH3 is 2. The van der Waals surface area contributed by atoms with Crippen LogP contribution in [0, 0.1) is 0 Å². The highest BCUT2D eigenvalue weighted by Gasteiger charge is 2.11. The lowest BCUT2D eigenvalue weighted by molar-refractivity contribution is -0.147. The lowest BCUT2D eigenvalue weighted by atomic mass is 10.1. The van der Waals surface area contributed by atoms with Crippen LogP contribution in [0.15, 0.2) is 30.9 Å². The van der Waals surface area contributed by atoms with Gasteiger partial charge in [0.2, 0.25) is 0 Å². The van der Waals surface area contributed by atoms with Gasteiger partial charge < -0.3 is 14.2 Å². The van der Waals surface area contributed by atoms with E-state index in [0.717, 1.165) is 5.56 Å². The topological polar surface area (TPSA) is 44.8 Å². The second-order valence-electron chi connectivity index (χ2n) is 4.22. The molecule has 4 nitrogen and oxygen atoms in total. The molecule has 0 aliphatic rings. The van der Waals surface area contributed by atoms with Crippen molar-refractivity contribution in [3.63, 3.8) is 0 Å². The Labute approximate surface area is 114 Å². The quantitative estimate of drug-likeness (QED) is 0.561. The van der Waals surface area contributed by atoms with Crippen molar-refractivity contribution in [2.75, 3.05) is 14.2 Å². The van der Waals surface area contributed by atoms with E-state index in [-0.39, 0.29) is 18.5 Å². The van der Waals surface area contributed by atoms with Gasteiger partial charge in [-0.05, 0) is 24.6 Å². The summed E-state index contributed by atoms with van der Waals surface area (Å²) in [6.45, 7) is 5.45. The van der Waals surface area contributed by atoms with Gasteiger partial charge >= 0.3 is 5.97 Å². The van der Waals surface area contributed by atoms with Gasteiger partial charge in [-0.2, -0.15) is 0 Å². The first-order valence-corrected chi connectivity index (χ1v) is 6.11. The first-order chi connectivity index (χ1) is 9.08. The molecule has 0 heterocycles. The Morgan fingerprint density at radius 2 is 1.84 bits per heavy atom. The molecule has 0 N–H and O–H groups in total. The van der Waals surface area contributed by atoms with Gasteiger partial charge in [0.25, 0.3) is 0 Å². The second-order valence-corrected chi connectivity index (χ2v) is 4.22. The molecule has 0 amide bonds. The van der Waals surface area contributed by atoms with Crippen molar-refractivity contribution in [3.05, 3.63) is 36.4 Å². The summed E-state index contributed by atoms with van der Waals surface area (Å²) in [5.74, 6) is 1.03. The molecule has 0 bridgehead atoms. The fourth-order valence-corrected chi connectivity index (χ4v) is 1.68. The zero-order valence-electron chi connectivity index (χ0n) is 11.6. The van der Waals surface area contributed by atoms with Gasteiger partial charge in [0.05, 0.1) is 20.6 Å². The van der Waals surface area contributed by atoms with Crippen molar-refractivity contribution in [2.45, 2.75) is 25.9 Å². The minimum atomic E-state index is -0.273. The van der Waals surface area contributed by atoms with Gasteiger partial charge in [0.1, 0.15) is 17.6 Å². The fourth-order valence-electron chi connectivity index (χ4n) is 1.68. The van der Waals surface area contributed by atoms with Crippen molar-refractivity contribution in [2.24, 2.45) is 0 Å². The summed E-state index contributed by atoms with van der Waals surface area (Å²) >= 11 is 0. The SMILES string of the molecule is C=CC[C@H](C)OC(=O)Cc1cc(OC)cc(OC)c1. The van der Waals surface area contributed by atoms with Gasteiger partial charge in [0.15, 0.2) is 0 Å². The Balaban J connectivity index is 2.70. The summed E-state index contributed by atoms with van der Waals surface area (Å²) in [7, 11) is 3.14. The normalized spacial score (nSPS) is 11.5. The first-order valence-electron chi connectivity index (χ1n) is 6.11. The number of rotatable bonds is 7. The van der Waals surface area contributed by atoms with E-state index >= 15 is 0 Å². The number of hydrogen-bond donors (Lipinski definition) is 0. The van der Waals surface area contributed by atoms with E-state index in [2.05, 4.69) is 6.58 Å². The maximum Gasteiger partial charge on any atom is 0.310 e. The molecule has 0 aliphatic carbocycles. The summed E-state index contributed by atoms with van der Waals surface area (Å²) in [6.07, 6.45) is 2.41. The summed E-state index contributed by atoms with van der Waals surface area (Å²) in [5.41, 5.74) is 0.798. The van der Waals surface area contributed by atoms with Gasteiger partial charge in [-0.25, -0.2) is 0 Å². The molecule has 0 unspecified atom stereocenters. The molecule has 0 saturated carbocycles. The first kappa shape index (κ1) is 15.1. The highest BCUT2D eigenvalue weighted by atomic mass is 16.5. The number of carbonyl (C=O) groups is 1. The molecule has 0 radical (unpaired) electrons. The molecule has 0 aliphatic heterocycles. The zero-order chi connectivity index (χ0) is 14.3. The van der Waals surface area contributed by atoms with E-state index in [9.17, 15) is 4.79 Å². The van der Waals surface area contributed by atoms with E-state index in [1.54, 1.807) is 38.5 Å². The van der Waals surface area contributed by atoms with Crippen molar-refractivity contribution in [1.29, 1.82) is 0 Å². The van der Waals surface area contributed by atoms with Crippen LogP contribution in [0.5, 0.6) is 11.5 Å². The van der Waals surface area contributed by atoms with Crippen molar-refractivity contribution in [1.82, 2.24) is 0 Å². The molecule has 104 valence electrons. The van der Waals surface area contributed by atoms with Crippen LogP contribution in [0.1, 0.15) is 18.9 Å². The van der Waals surface area contributed by atoms with Crippen molar-refractivity contribution < 1.29 is 19.0 Å². The maximum absolute atomic E-state index is 11.8. The third kappa shape index (κ3) is 5.04. The number of hydrogen-bond acceptors (Lipinski definition) is 4. The molecule has 1 aromatic rings. The van der Waals surface area contributed by atoms with Crippen LogP contribution in [0.3, 0.4) is 0 Å². The van der Waals surface area contributed by atoms with Crippen LogP contribution in [0.4, 0.5) is 0 Å². The lowest BCUT2D eigenvalue weighted by Gasteiger charge is -2.12. The molecular formula is C15H20O4. The number of benzene rings is 1.